The molecule has 0 spiro atoms. The minimum absolute atomic E-state index is 0.0227. The monoisotopic (exact) mass is 520 g/mol. The summed E-state index contributed by atoms with van der Waals surface area (Å²) in [6.45, 7) is 17.5. The van der Waals surface area contributed by atoms with Crippen molar-refractivity contribution < 1.29 is 10.2 Å². The third kappa shape index (κ3) is 3.03. The van der Waals surface area contributed by atoms with Crippen LogP contribution in [0.1, 0.15) is 98.8 Å². The fourth-order valence-electron chi connectivity index (χ4n) is 11.6. The van der Waals surface area contributed by atoms with Crippen molar-refractivity contribution in [1.82, 2.24) is 0 Å². The summed E-state index contributed by atoms with van der Waals surface area (Å²) < 4.78 is 0. The van der Waals surface area contributed by atoms with Crippen LogP contribution in [0.15, 0.2) is 12.2 Å². The summed E-state index contributed by atoms with van der Waals surface area (Å²) in [5, 5.41) is 22.5. The van der Waals surface area contributed by atoms with Gasteiger partial charge in [0, 0.05) is 11.9 Å². The first-order chi connectivity index (χ1) is 15.4. The van der Waals surface area contributed by atoms with Crippen LogP contribution in [-0.2, 0) is 0 Å². The summed E-state index contributed by atoms with van der Waals surface area (Å²) >= 11 is 3.73. The van der Waals surface area contributed by atoms with Crippen molar-refractivity contribution in [2.45, 2.75) is 105 Å². The molecule has 0 aromatic carbocycles. The minimum Gasteiger partial charge on any atom is -0.396 e. The third-order valence-corrected chi connectivity index (χ3v) is 14.3. The van der Waals surface area contributed by atoms with Gasteiger partial charge in [0.2, 0.25) is 0 Å². The number of aliphatic hydroxyl groups excluding tert-OH is 2. The fourth-order valence-corrected chi connectivity index (χ4v) is 12.0. The molecule has 0 aliphatic heterocycles. The Labute approximate surface area is 211 Å². The fraction of sp³-hybridized carbons (Fsp3) is 0.933. The molecule has 0 heterocycles. The standard InChI is InChI=1S/C30H49BrO2/c1-19(17-31)20-9-14-30(18-32)16-15-28(5)21(25(20)30)7-8-23-27(4)12-11-24(33)26(2,3)22(27)10-13-29(23,28)6/h20-25,32-33H,1,7-18H2,2-6H3/t20-,21?,22?,23?,24-,25?,27-,28+,29+,30+/m0/s1. The second kappa shape index (κ2) is 7.82. The zero-order valence-corrected chi connectivity index (χ0v) is 23.5. The molecule has 5 rings (SSSR count). The van der Waals surface area contributed by atoms with Crippen molar-refractivity contribution in [2.24, 2.45) is 56.7 Å². The van der Waals surface area contributed by atoms with E-state index in [4.69, 9.17) is 0 Å². The number of hydrogen-bond donors (Lipinski definition) is 2. The lowest BCUT2D eigenvalue weighted by atomic mass is 9.32. The first-order valence-electron chi connectivity index (χ1n) is 13.9. The largest absolute Gasteiger partial charge is 0.396 e. The van der Waals surface area contributed by atoms with E-state index < -0.39 is 0 Å². The molecule has 5 aliphatic carbocycles. The number of halogens is 1. The molecule has 5 aliphatic rings. The number of aliphatic hydroxyl groups is 2. The predicted molar refractivity (Wildman–Crippen MR) is 140 cm³/mol. The molecule has 5 saturated carbocycles. The summed E-state index contributed by atoms with van der Waals surface area (Å²) in [6, 6.07) is 0. The van der Waals surface area contributed by atoms with Crippen LogP contribution in [0.5, 0.6) is 0 Å². The van der Waals surface area contributed by atoms with Gasteiger partial charge in [-0.15, -0.1) is 0 Å². The lowest BCUT2D eigenvalue weighted by molar-refractivity contribution is -0.249. The van der Waals surface area contributed by atoms with Crippen molar-refractivity contribution in [1.29, 1.82) is 0 Å². The van der Waals surface area contributed by atoms with Crippen LogP contribution >= 0.6 is 15.9 Å². The summed E-state index contributed by atoms with van der Waals surface area (Å²) in [5.74, 6) is 3.23. The maximum atomic E-state index is 10.9. The summed E-state index contributed by atoms with van der Waals surface area (Å²) in [4.78, 5) is 0. The van der Waals surface area contributed by atoms with Crippen LogP contribution in [0.25, 0.3) is 0 Å². The van der Waals surface area contributed by atoms with Gasteiger partial charge in [-0.2, -0.15) is 0 Å². The average molecular weight is 522 g/mol. The number of allylic oxidation sites excluding steroid dienone is 1. The van der Waals surface area contributed by atoms with Crippen molar-refractivity contribution >= 4 is 15.9 Å². The number of hydrogen-bond acceptors (Lipinski definition) is 2. The summed E-state index contributed by atoms with van der Waals surface area (Å²) in [5.41, 5.74) is 2.54. The van der Waals surface area contributed by atoms with Crippen LogP contribution in [0.2, 0.25) is 0 Å². The number of alkyl halides is 1. The quantitative estimate of drug-likeness (QED) is 0.301. The molecule has 0 radical (unpaired) electrons. The molecule has 2 N–H and O–H groups in total. The van der Waals surface area contributed by atoms with Gasteiger partial charge in [-0.05, 0) is 121 Å². The average Bonchev–Trinajstić information content (AvgIpc) is 3.17. The summed E-state index contributed by atoms with van der Waals surface area (Å²) in [7, 11) is 0. The van der Waals surface area contributed by atoms with E-state index in [2.05, 4.69) is 57.1 Å². The molecule has 0 aromatic heterocycles. The zero-order chi connectivity index (χ0) is 24.0. The van der Waals surface area contributed by atoms with Crippen LogP contribution in [-0.4, -0.2) is 28.3 Å². The predicted octanol–water partition coefficient (Wildman–Crippen LogP) is 7.37. The Morgan fingerprint density at radius 1 is 0.848 bits per heavy atom. The molecule has 2 nitrogen and oxygen atoms in total. The first-order valence-corrected chi connectivity index (χ1v) is 15.1. The topological polar surface area (TPSA) is 40.5 Å². The highest BCUT2D eigenvalue weighted by Gasteiger charge is 2.70. The Balaban J connectivity index is 1.54. The summed E-state index contributed by atoms with van der Waals surface area (Å²) in [6.07, 6.45) is 12.1. The lowest BCUT2D eigenvalue weighted by Gasteiger charge is -2.73. The molecule has 188 valence electrons. The van der Waals surface area contributed by atoms with Gasteiger partial charge in [-0.1, -0.05) is 62.7 Å². The molecular formula is C30H49BrO2. The van der Waals surface area contributed by atoms with E-state index in [1.54, 1.807) is 0 Å². The highest BCUT2D eigenvalue weighted by atomic mass is 79.9. The van der Waals surface area contributed by atoms with Gasteiger partial charge >= 0.3 is 0 Å². The molecule has 3 heteroatoms. The first kappa shape index (κ1) is 24.8. The van der Waals surface area contributed by atoms with Gasteiger partial charge < -0.3 is 10.2 Å². The molecule has 0 bridgehead atoms. The molecule has 0 saturated heterocycles. The molecule has 0 aromatic rings. The Morgan fingerprint density at radius 3 is 2.24 bits per heavy atom. The Bertz CT molecular complexity index is 807. The molecule has 33 heavy (non-hydrogen) atoms. The lowest BCUT2D eigenvalue weighted by Crippen LogP contribution is -2.66. The van der Waals surface area contributed by atoms with Gasteiger partial charge in [0.25, 0.3) is 0 Å². The minimum atomic E-state index is -0.152. The number of fused-ring (bicyclic) bond motifs is 7. The molecule has 5 fully saturated rings. The van der Waals surface area contributed by atoms with Gasteiger partial charge in [-0.25, -0.2) is 0 Å². The van der Waals surface area contributed by atoms with E-state index in [0.717, 1.165) is 17.7 Å². The van der Waals surface area contributed by atoms with E-state index in [-0.39, 0.29) is 16.9 Å². The van der Waals surface area contributed by atoms with E-state index in [1.165, 1.54) is 63.4 Å². The van der Waals surface area contributed by atoms with Gasteiger partial charge in [0.15, 0.2) is 0 Å². The molecular weight excluding hydrogens is 472 g/mol. The Kier molecular flexibility index (Phi) is 5.88. The Morgan fingerprint density at radius 2 is 1.58 bits per heavy atom. The van der Waals surface area contributed by atoms with Crippen molar-refractivity contribution in [3.05, 3.63) is 12.2 Å². The van der Waals surface area contributed by atoms with E-state index in [0.29, 0.717) is 46.5 Å². The van der Waals surface area contributed by atoms with E-state index in [9.17, 15) is 10.2 Å². The van der Waals surface area contributed by atoms with E-state index in [1.807, 2.05) is 0 Å². The molecule has 0 amide bonds. The van der Waals surface area contributed by atoms with Crippen LogP contribution in [0.4, 0.5) is 0 Å². The van der Waals surface area contributed by atoms with Crippen LogP contribution in [0.3, 0.4) is 0 Å². The van der Waals surface area contributed by atoms with Crippen molar-refractivity contribution in [3.8, 4) is 0 Å². The maximum Gasteiger partial charge on any atom is 0.0594 e. The SMILES string of the molecule is C=C(CBr)[C@@H]1CC[C@]2(CO)CC[C@]3(C)C(CCC4[C@@]5(C)CC[C@H](O)C(C)(C)C5CC[C@]43C)C12. The highest BCUT2D eigenvalue weighted by molar-refractivity contribution is 9.09. The van der Waals surface area contributed by atoms with Gasteiger partial charge in [0.1, 0.15) is 0 Å². The van der Waals surface area contributed by atoms with Crippen LogP contribution in [0, 0.1) is 56.7 Å². The molecule has 10 atom stereocenters. The van der Waals surface area contributed by atoms with Crippen molar-refractivity contribution in [2.75, 3.05) is 11.9 Å². The van der Waals surface area contributed by atoms with E-state index >= 15 is 0 Å². The third-order valence-electron chi connectivity index (χ3n) is 13.6. The second-order valence-electron chi connectivity index (χ2n) is 14.5. The number of rotatable bonds is 3. The maximum absolute atomic E-state index is 10.9. The second-order valence-corrected chi connectivity index (χ2v) is 15.1. The highest BCUT2D eigenvalue weighted by Crippen LogP contribution is 2.77. The molecule has 4 unspecified atom stereocenters. The zero-order valence-electron chi connectivity index (χ0n) is 21.9. The Hall–Kier alpha value is 0.140. The van der Waals surface area contributed by atoms with Gasteiger partial charge in [-0.3, -0.25) is 0 Å². The van der Waals surface area contributed by atoms with Crippen LogP contribution < -0.4 is 0 Å². The smallest absolute Gasteiger partial charge is 0.0594 e. The normalized spacial score (nSPS) is 55.2. The van der Waals surface area contributed by atoms with Crippen molar-refractivity contribution in [3.63, 3.8) is 0 Å². The van der Waals surface area contributed by atoms with Gasteiger partial charge in [0.05, 0.1) is 6.10 Å².